The summed E-state index contributed by atoms with van der Waals surface area (Å²) in [5.41, 5.74) is 0.549. The molecule has 0 spiro atoms. The van der Waals surface area contributed by atoms with Crippen LogP contribution in [0, 0.1) is 6.92 Å². The average Bonchev–Trinajstić information content (AvgIpc) is 3.47. The van der Waals surface area contributed by atoms with Gasteiger partial charge in [-0.2, -0.15) is 4.98 Å². The summed E-state index contributed by atoms with van der Waals surface area (Å²) in [7, 11) is 0. The monoisotopic (exact) mass is 464 g/mol. The molecule has 0 atom stereocenters. The van der Waals surface area contributed by atoms with Gasteiger partial charge in [0.1, 0.15) is 9.88 Å². The van der Waals surface area contributed by atoms with E-state index in [9.17, 15) is 14.4 Å². The molecule has 3 rings (SSSR count). The molecule has 0 unspecified atom stereocenters. The van der Waals surface area contributed by atoms with Crippen molar-refractivity contribution in [1.29, 1.82) is 0 Å². The number of nitrogens with one attached hydrogen (secondary N) is 2. The minimum absolute atomic E-state index is 0.0105. The molecule has 0 aliphatic carbocycles. The molecular weight excluding hydrogens is 444 g/mol. The predicted molar refractivity (Wildman–Crippen MR) is 114 cm³/mol. The van der Waals surface area contributed by atoms with Crippen LogP contribution in [0.3, 0.4) is 0 Å². The lowest BCUT2D eigenvalue weighted by atomic mass is 10.1. The molecule has 3 aromatic rings. The zero-order valence-electron chi connectivity index (χ0n) is 17.0. The largest absolute Gasteiger partial charge is 0.462 e. The number of hydrogen-bond acceptors (Lipinski definition) is 10. The maximum Gasteiger partial charge on any atom is 0.348 e. The van der Waals surface area contributed by atoms with E-state index in [0.29, 0.717) is 22.3 Å². The van der Waals surface area contributed by atoms with E-state index < -0.39 is 17.8 Å². The highest BCUT2D eigenvalue weighted by molar-refractivity contribution is 7.99. The van der Waals surface area contributed by atoms with Gasteiger partial charge in [-0.05, 0) is 38.5 Å². The van der Waals surface area contributed by atoms with Gasteiger partial charge in [0, 0.05) is 0 Å². The molecule has 0 radical (unpaired) electrons. The van der Waals surface area contributed by atoms with Crippen LogP contribution in [0.5, 0.6) is 0 Å². The summed E-state index contributed by atoms with van der Waals surface area (Å²) in [4.78, 5) is 41.6. The number of H-pyrrole nitrogens is 1. The van der Waals surface area contributed by atoms with Crippen molar-refractivity contribution in [3.8, 4) is 11.6 Å². The van der Waals surface area contributed by atoms with Gasteiger partial charge in [0.15, 0.2) is 11.6 Å². The normalized spacial score (nSPS) is 10.7. The number of rotatable bonds is 9. The Morgan fingerprint density at radius 2 is 1.97 bits per heavy atom. The quantitative estimate of drug-likeness (QED) is 0.360. The van der Waals surface area contributed by atoms with E-state index in [0.717, 1.165) is 23.1 Å². The fourth-order valence-corrected chi connectivity index (χ4v) is 4.27. The molecule has 1 amide bonds. The molecule has 0 saturated heterocycles. The average molecular weight is 465 g/mol. The maximum atomic E-state index is 12.5. The lowest BCUT2D eigenvalue weighted by molar-refractivity contribution is -0.113. The number of amides is 1. The first-order chi connectivity index (χ1) is 14.9. The highest BCUT2D eigenvalue weighted by Gasteiger charge is 2.27. The summed E-state index contributed by atoms with van der Waals surface area (Å²) >= 11 is 2.08. The second-order valence-electron chi connectivity index (χ2n) is 5.98. The Hall–Kier alpha value is -3.12. The van der Waals surface area contributed by atoms with Crippen molar-refractivity contribution in [3.63, 3.8) is 0 Å². The number of hydrogen-bond donors (Lipinski definition) is 2. The van der Waals surface area contributed by atoms with E-state index in [1.807, 2.05) is 0 Å². The summed E-state index contributed by atoms with van der Waals surface area (Å²) in [6, 6.07) is 3.46. The Morgan fingerprint density at radius 1 is 1.23 bits per heavy atom. The van der Waals surface area contributed by atoms with Gasteiger partial charge in [0.25, 0.3) is 0 Å². The number of nitrogens with zero attached hydrogens (tertiary/aromatic N) is 2. The zero-order valence-corrected chi connectivity index (χ0v) is 18.6. The molecule has 0 saturated carbocycles. The van der Waals surface area contributed by atoms with Crippen LogP contribution in [0.4, 0.5) is 5.00 Å². The molecule has 3 aromatic heterocycles. The summed E-state index contributed by atoms with van der Waals surface area (Å²) in [6.45, 7) is 5.33. The minimum atomic E-state index is -0.619. The topological polar surface area (TPSA) is 136 Å². The smallest absolute Gasteiger partial charge is 0.348 e. The molecule has 0 fully saturated rings. The van der Waals surface area contributed by atoms with Gasteiger partial charge < -0.3 is 19.2 Å². The standard InChI is InChI=1S/C19H20N4O6S2/c1-4-27-17(25)13-10(3)14(18(26)28-5-2)31-16(13)20-12(24)9-30-19-21-15(22-23-19)11-7-6-8-29-11/h6-8H,4-5,9H2,1-3H3,(H,20,24)(H,21,22,23). The number of aromatic amines is 1. The van der Waals surface area contributed by atoms with E-state index >= 15 is 0 Å². The maximum absolute atomic E-state index is 12.5. The number of furan rings is 1. The van der Waals surface area contributed by atoms with Crippen LogP contribution in [0.25, 0.3) is 11.6 Å². The van der Waals surface area contributed by atoms with Crippen LogP contribution in [0.1, 0.15) is 39.4 Å². The number of anilines is 1. The van der Waals surface area contributed by atoms with Gasteiger partial charge in [0.05, 0.1) is 30.8 Å². The van der Waals surface area contributed by atoms with Crippen LogP contribution in [0.15, 0.2) is 28.0 Å². The van der Waals surface area contributed by atoms with Crippen molar-refractivity contribution in [2.75, 3.05) is 24.3 Å². The SMILES string of the molecule is CCOC(=O)c1sc(NC(=O)CSc2n[nH]c(-c3ccco3)n2)c(C(=O)OCC)c1C. The Balaban J connectivity index is 1.71. The van der Waals surface area contributed by atoms with Crippen LogP contribution in [0.2, 0.25) is 0 Å². The zero-order chi connectivity index (χ0) is 22.4. The van der Waals surface area contributed by atoms with Crippen molar-refractivity contribution in [2.24, 2.45) is 0 Å². The molecule has 0 aromatic carbocycles. The Kier molecular flexibility index (Phi) is 7.47. The lowest BCUT2D eigenvalue weighted by Crippen LogP contribution is -2.16. The Morgan fingerprint density at radius 3 is 2.65 bits per heavy atom. The van der Waals surface area contributed by atoms with Gasteiger partial charge in [-0.25, -0.2) is 9.59 Å². The lowest BCUT2D eigenvalue weighted by Gasteiger charge is -2.06. The van der Waals surface area contributed by atoms with Crippen molar-refractivity contribution >= 4 is 45.9 Å². The van der Waals surface area contributed by atoms with Gasteiger partial charge in [-0.1, -0.05) is 11.8 Å². The fourth-order valence-electron chi connectivity index (χ4n) is 2.57. The number of ether oxygens (including phenoxy) is 2. The van der Waals surface area contributed by atoms with Crippen LogP contribution in [-0.2, 0) is 14.3 Å². The minimum Gasteiger partial charge on any atom is -0.462 e. The fraction of sp³-hybridized carbons (Fsp3) is 0.316. The van der Waals surface area contributed by atoms with Crippen LogP contribution in [-0.4, -0.2) is 52.0 Å². The van der Waals surface area contributed by atoms with Crippen molar-refractivity contribution in [1.82, 2.24) is 15.2 Å². The first-order valence-electron chi connectivity index (χ1n) is 9.31. The van der Waals surface area contributed by atoms with Gasteiger partial charge >= 0.3 is 11.9 Å². The second kappa shape index (κ2) is 10.3. The molecule has 10 nitrogen and oxygen atoms in total. The second-order valence-corrected chi connectivity index (χ2v) is 7.95. The van der Waals surface area contributed by atoms with E-state index in [2.05, 4.69) is 20.5 Å². The first kappa shape index (κ1) is 22.6. The highest BCUT2D eigenvalue weighted by Crippen LogP contribution is 2.34. The number of carbonyl (C=O) groups is 3. The van der Waals surface area contributed by atoms with E-state index in [1.165, 1.54) is 6.26 Å². The van der Waals surface area contributed by atoms with E-state index in [-0.39, 0.29) is 34.4 Å². The molecule has 0 aliphatic heterocycles. The molecule has 31 heavy (non-hydrogen) atoms. The Labute approximate surface area is 185 Å². The van der Waals surface area contributed by atoms with Crippen molar-refractivity contribution < 1.29 is 28.3 Å². The summed E-state index contributed by atoms with van der Waals surface area (Å²) in [5.74, 6) is -0.600. The van der Waals surface area contributed by atoms with E-state index in [4.69, 9.17) is 13.9 Å². The molecule has 3 heterocycles. The molecule has 164 valence electrons. The van der Waals surface area contributed by atoms with Gasteiger partial charge in [-0.15, -0.1) is 16.4 Å². The van der Waals surface area contributed by atoms with Crippen LogP contribution >= 0.6 is 23.1 Å². The highest BCUT2D eigenvalue weighted by atomic mass is 32.2. The van der Waals surface area contributed by atoms with Crippen LogP contribution < -0.4 is 5.32 Å². The molecule has 0 bridgehead atoms. The number of esters is 2. The molecule has 12 heteroatoms. The number of thioether (sulfide) groups is 1. The summed E-state index contributed by atoms with van der Waals surface area (Å²) in [5, 5.41) is 10.0. The molecule has 2 N–H and O–H groups in total. The summed E-state index contributed by atoms with van der Waals surface area (Å²) < 4.78 is 15.4. The predicted octanol–water partition coefficient (Wildman–Crippen LogP) is 3.52. The molecule has 0 aliphatic rings. The number of carbonyl (C=O) groups excluding carboxylic acids is 3. The number of aromatic nitrogens is 3. The first-order valence-corrected chi connectivity index (χ1v) is 11.1. The van der Waals surface area contributed by atoms with Gasteiger partial charge in [0.2, 0.25) is 11.1 Å². The Bertz CT molecular complexity index is 1070. The van der Waals surface area contributed by atoms with Crippen molar-refractivity contribution in [2.45, 2.75) is 25.9 Å². The summed E-state index contributed by atoms with van der Waals surface area (Å²) in [6.07, 6.45) is 1.52. The third-order valence-electron chi connectivity index (χ3n) is 3.89. The third kappa shape index (κ3) is 5.33. The number of thiophene rings is 1. The third-order valence-corrected chi connectivity index (χ3v) is 5.93. The molecular formula is C19H20N4O6S2. The van der Waals surface area contributed by atoms with Crippen molar-refractivity contribution in [3.05, 3.63) is 34.4 Å². The van der Waals surface area contributed by atoms with E-state index in [1.54, 1.807) is 32.9 Å². The van der Waals surface area contributed by atoms with Gasteiger partial charge in [-0.3, -0.25) is 9.89 Å².